The average molecular weight is 305 g/mol. The van der Waals surface area contributed by atoms with Gasteiger partial charge in [0.15, 0.2) is 0 Å². The third-order valence-corrected chi connectivity index (χ3v) is 4.81. The molecule has 4 heteroatoms. The van der Waals surface area contributed by atoms with Crippen LogP contribution in [-0.4, -0.2) is 47.0 Å². The monoisotopic (exact) mass is 305 g/mol. The number of thiocarbonyl (C=S) groups is 1. The highest BCUT2D eigenvalue weighted by Crippen LogP contribution is 2.15. The normalized spacial score (nSPS) is 18.6. The van der Waals surface area contributed by atoms with Gasteiger partial charge < -0.3 is 5.73 Å². The Morgan fingerprint density at radius 2 is 1.86 bits per heavy atom. The van der Waals surface area contributed by atoms with Crippen molar-refractivity contribution in [2.24, 2.45) is 5.73 Å². The molecule has 2 rings (SSSR count). The Labute approximate surface area is 134 Å². The van der Waals surface area contributed by atoms with E-state index < -0.39 is 0 Å². The molecule has 2 N–H and O–H groups in total. The van der Waals surface area contributed by atoms with Gasteiger partial charge in [-0.2, -0.15) is 0 Å². The Kier molecular flexibility index (Phi) is 5.73. The van der Waals surface area contributed by atoms with Crippen molar-refractivity contribution in [1.29, 1.82) is 0 Å². The van der Waals surface area contributed by atoms with Crippen molar-refractivity contribution in [2.45, 2.75) is 39.8 Å². The van der Waals surface area contributed by atoms with E-state index in [4.69, 9.17) is 18.0 Å². The number of rotatable bonds is 5. The molecule has 1 fully saturated rings. The number of aryl methyl sites for hydroxylation is 2. The summed E-state index contributed by atoms with van der Waals surface area (Å²) in [7, 11) is 0. The number of nitrogens with zero attached hydrogens (tertiary/aromatic N) is 2. The number of hydrogen-bond donors (Lipinski definition) is 1. The highest BCUT2D eigenvalue weighted by molar-refractivity contribution is 7.80. The Bertz CT molecular complexity index is 493. The number of hydrogen-bond acceptors (Lipinski definition) is 3. The number of benzene rings is 1. The molecule has 21 heavy (non-hydrogen) atoms. The molecule has 116 valence electrons. The van der Waals surface area contributed by atoms with E-state index in [9.17, 15) is 0 Å². The van der Waals surface area contributed by atoms with Crippen LogP contribution in [0.3, 0.4) is 0 Å². The first-order valence-corrected chi connectivity index (χ1v) is 8.24. The highest BCUT2D eigenvalue weighted by Gasteiger charge is 2.24. The van der Waals surface area contributed by atoms with Crippen LogP contribution in [-0.2, 0) is 6.54 Å². The molecule has 0 aromatic heterocycles. The SMILES string of the molecule is CCC(C(N)=S)N1CCN(Cc2ccc(C)c(C)c2)CC1. The van der Waals surface area contributed by atoms with Gasteiger partial charge in [-0.15, -0.1) is 0 Å². The Balaban J connectivity index is 1.89. The summed E-state index contributed by atoms with van der Waals surface area (Å²) in [5.74, 6) is 0. The van der Waals surface area contributed by atoms with Crippen LogP contribution in [0.15, 0.2) is 18.2 Å². The topological polar surface area (TPSA) is 32.5 Å². The molecule has 1 aromatic carbocycles. The van der Waals surface area contributed by atoms with Gasteiger partial charge in [0.25, 0.3) is 0 Å². The van der Waals surface area contributed by atoms with E-state index in [1.165, 1.54) is 16.7 Å². The fraction of sp³-hybridized carbons (Fsp3) is 0.588. The van der Waals surface area contributed by atoms with E-state index in [0.717, 1.165) is 39.1 Å². The van der Waals surface area contributed by atoms with E-state index in [-0.39, 0.29) is 6.04 Å². The molecule has 0 aliphatic carbocycles. The second-order valence-corrected chi connectivity index (χ2v) is 6.53. The first kappa shape index (κ1) is 16.4. The van der Waals surface area contributed by atoms with Crippen LogP contribution in [0.2, 0.25) is 0 Å². The van der Waals surface area contributed by atoms with Crippen molar-refractivity contribution >= 4 is 17.2 Å². The van der Waals surface area contributed by atoms with Gasteiger partial charge in [-0.1, -0.05) is 37.3 Å². The third-order valence-electron chi connectivity index (χ3n) is 4.54. The maximum atomic E-state index is 5.84. The summed E-state index contributed by atoms with van der Waals surface area (Å²) in [6.45, 7) is 11.8. The lowest BCUT2D eigenvalue weighted by molar-refractivity contribution is 0.112. The standard InChI is InChI=1S/C17H27N3S/c1-4-16(17(18)21)20-9-7-19(8-10-20)12-15-6-5-13(2)14(3)11-15/h5-6,11,16H,4,7-10,12H2,1-3H3,(H2,18,21). The summed E-state index contributed by atoms with van der Waals surface area (Å²) < 4.78 is 0. The minimum Gasteiger partial charge on any atom is -0.392 e. The fourth-order valence-electron chi connectivity index (χ4n) is 3.03. The predicted octanol–water partition coefficient (Wildman–Crippen LogP) is 2.49. The lowest BCUT2D eigenvalue weighted by atomic mass is 10.1. The molecule has 1 aliphatic rings. The number of piperazine rings is 1. The summed E-state index contributed by atoms with van der Waals surface area (Å²) in [5, 5.41) is 0. The van der Waals surface area contributed by atoms with E-state index in [1.807, 2.05) is 0 Å². The van der Waals surface area contributed by atoms with Gasteiger partial charge >= 0.3 is 0 Å². The average Bonchev–Trinajstić information content (AvgIpc) is 2.45. The van der Waals surface area contributed by atoms with Gasteiger partial charge in [-0.3, -0.25) is 9.80 Å². The van der Waals surface area contributed by atoms with Gasteiger partial charge in [0, 0.05) is 32.7 Å². The van der Waals surface area contributed by atoms with Crippen LogP contribution in [0.1, 0.15) is 30.0 Å². The molecular weight excluding hydrogens is 278 g/mol. The van der Waals surface area contributed by atoms with Crippen LogP contribution in [0.4, 0.5) is 0 Å². The van der Waals surface area contributed by atoms with Crippen molar-refractivity contribution in [3.8, 4) is 0 Å². The molecule has 1 aliphatic heterocycles. The van der Waals surface area contributed by atoms with Gasteiger partial charge in [0.2, 0.25) is 0 Å². The van der Waals surface area contributed by atoms with Crippen molar-refractivity contribution in [2.75, 3.05) is 26.2 Å². The molecule has 0 radical (unpaired) electrons. The second kappa shape index (κ2) is 7.34. The maximum absolute atomic E-state index is 5.84. The minimum atomic E-state index is 0.267. The summed E-state index contributed by atoms with van der Waals surface area (Å²) in [5.41, 5.74) is 10.0. The lowest BCUT2D eigenvalue weighted by Gasteiger charge is -2.38. The van der Waals surface area contributed by atoms with E-state index >= 15 is 0 Å². The third kappa shape index (κ3) is 4.25. The Hall–Kier alpha value is -0.970. The predicted molar refractivity (Wildman–Crippen MR) is 93.6 cm³/mol. The van der Waals surface area contributed by atoms with Crippen molar-refractivity contribution in [1.82, 2.24) is 9.80 Å². The molecule has 0 spiro atoms. The zero-order valence-electron chi connectivity index (χ0n) is 13.4. The Morgan fingerprint density at radius 1 is 1.19 bits per heavy atom. The van der Waals surface area contributed by atoms with Crippen molar-refractivity contribution in [3.63, 3.8) is 0 Å². The second-order valence-electron chi connectivity index (χ2n) is 6.06. The zero-order chi connectivity index (χ0) is 15.4. The van der Waals surface area contributed by atoms with E-state index in [1.54, 1.807) is 0 Å². The quantitative estimate of drug-likeness (QED) is 0.847. The van der Waals surface area contributed by atoms with Crippen LogP contribution in [0, 0.1) is 13.8 Å². The van der Waals surface area contributed by atoms with Gasteiger partial charge in [0.1, 0.15) is 0 Å². The van der Waals surface area contributed by atoms with Gasteiger partial charge in [-0.25, -0.2) is 0 Å². The molecule has 0 amide bonds. The van der Waals surface area contributed by atoms with Gasteiger partial charge in [-0.05, 0) is 37.0 Å². The van der Waals surface area contributed by atoms with Crippen molar-refractivity contribution < 1.29 is 0 Å². The summed E-state index contributed by atoms with van der Waals surface area (Å²) in [6, 6.07) is 7.05. The van der Waals surface area contributed by atoms with Crippen molar-refractivity contribution in [3.05, 3.63) is 34.9 Å². The van der Waals surface area contributed by atoms with Crippen LogP contribution < -0.4 is 5.73 Å². The van der Waals surface area contributed by atoms with Gasteiger partial charge in [0.05, 0.1) is 11.0 Å². The number of nitrogens with two attached hydrogens (primary N) is 1. The van der Waals surface area contributed by atoms with E-state index in [2.05, 4.69) is 48.8 Å². The molecular formula is C17H27N3S. The summed E-state index contributed by atoms with van der Waals surface area (Å²) >= 11 is 5.18. The molecule has 1 saturated heterocycles. The maximum Gasteiger partial charge on any atom is 0.0901 e. The molecule has 1 atom stereocenters. The molecule has 1 unspecified atom stereocenters. The van der Waals surface area contributed by atoms with Crippen LogP contribution in [0.25, 0.3) is 0 Å². The smallest absolute Gasteiger partial charge is 0.0901 e. The zero-order valence-corrected chi connectivity index (χ0v) is 14.2. The molecule has 0 saturated carbocycles. The Morgan fingerprint density at radius 3 is 2.38 bits per heavy atom. The van der Waals surface area contributed by atoms with Crippen LogP contribution in [0.5, 0.6) is 0 Å². The fourth-order valence-corrected chi connectivity index (χ4v) is 3.35. The highest BCUT2D eigenvalue weighted by atomic mass is 32.1. The van der Waals surface area contributed by atoms with E-state index in [0.29, 0.717) is 4.99 Å². The first-order valence-electron chi connectivity index (χ1n) is 7.83. The molecule has 1 aromatic rings. The summed E-state index contributed by atoms with van der Waals surface area (Å²) in [6.07, 6.45) is 1.01. The summed E-state index contributed by atoms with van der Waals surface area (Å²) in [4.78, 5) is 5.59. The molecule has 0 bridgehead atoms. The lowest BCUT2D eigenvalue weighted by Crippen LogP contribution is -2.53. The minimum absolute atomic E-state index is 0.267. The largest absolute Gasteiger partial charge is 0.392 e. The first-order chi connectivity index (χ1) is 10.0. The van der Waals surface area contributed by atoms with Crippen LogP contribution >= 0.6 is 12.2 Å². The molecule has 3 nitrogen and oxygen atoms in total. The molecule has 1 heterocycles.